The van der Waals surface area contributed by atoms with E-state index in [0.29, 0.717) is 11.8 Å². The van der Waals surface area contributed by atoms with E-state index in [0.717, 1.165) is 25.1 Å². The number of amides is 2. The Balaban J connectivity index is 1.82. The highest BCUT2D eigenvalue weighted by atomic mass is 16.2. The largest absolute Gasteiger partial charge is 0.385 e. The van der Waals surface area contributed by atoms with E-state index in [2.05, 4.69) is 17.0 Å². The van der Waals surface area contributed by atoms with Gasteiger partial charge in [0, 0.05) is 24.8 Å². The number of hydrogen-bond acceptors (Lipinski definition) is 3. The van der Waals surface area contributed by atoms with Gasteiger partial charge in [0.25, 0.3) is 0 Å². The fourth-order valence-corrected chi connectivity index (χ4v) is 2.49. The molecule has 0 saturated heterocycles. The van der Waals surface area contributed by atoms with Gasteiger partial charge in [0.1, 0.15) is 11.9 Å². The molecule has 2 heterocycles. The maximum atomic E-state index is 11.9. The molecule has 3 rings (SSSR count). The van der Waals surface area contributed by atoms with E-state index in [1.807, 2.05) is 10.9 Å². The minimum absolute atomic E-state index is 0.211. The van der Waals surface area contributed by atoms with Crippen LogP contribution in [-0.2, 0) is 6.54 Å². The number of urea groups is 1. The fraction of sp³-hybridized carbons (Fsp3) is 0.615. The lowest BCUT2D eigenvalue weighted by Crippen LogP contribution is -2.34. The first-order valence-electron chi connectivity index (χ1n) is 6.86. The fourth-order valence-electron chi connectivity index (χ4n) is 2.49. The molecule has 6 nitrogen and oxygen atoms in total. The maximum absolute atomic E-state index is 11.9. The highest BCUT2D eigenvalue weighted by molar-refractivity contribution is 6.03. The lowest BCUT2D eigenvalue weighted by atomic mass is 10.1. The summed E-state index contributed by atoms with van der Waals surface area (Å²) in [5, 5.41) is 4.31. The van der Waals surface area contributed by atoms with Crippen LogP contribution in [0.1, 0.15) is 37.8 Å². The first kappa shape index (κ1) is 12.2. The van der Waals surface area contributed by atoms with Crippen molar-refractivity contribution in [1.82, 2.24) is 14.7 Å². The molecule has 1 aromatic heterocycles. The predicted octanol–water partition coefficient (Wildman–Crippen LogP) is 1.54. The second-order valence-corrected chi connectivity index (χ2v) is 5.35. The average Bonchev–Trinajstić information content (AvgIpc) is 3.00. The minimum Gasteiger partial charge on any atom is -0.385 e. The van der Waals surface area contributed by atoms with E-state index in [9.17, 15) is 4.79 Å². The van der Waals surface area contributed by atoms with Crippen LogP contribution in [-0.4, -0.2) is 33.1 Å². The summed E-state index contributed by atoms with van der Waals surface area (Å²) in [6.07, 6.45) is 7.19. The molecule has 0 aromatic carbocycles. The van der Waals surface area contributed by atoms with Crippen molar-refractivity contribution in [1.29, 1.82) is 0 Å². The second-order valence-electron chi connectivity index (χ2n) is 5.35. The van der Waals surface area contributed by atoms with E-state index >= 15 is 0 Å². The normalized spacial score (nSPS) is 23.0. The van der Waals surface area contributed by atoms with E-state index in [1.54, 1.807) is 11.1 Å². The van der Waals surface area contributed by atoms with Gasteiger partial charge in [-0.1, -0.05) is 6.92 Å². The first-order chi connectivity index (χ1) is 9.19. The quantitative estimate of drug-likeness (QED) is 0.873. The summed E-state index contributed by atoms with van der Waals surface area (Å²) >= 11 is 0. The number of carbonyl (C=O) groups is 1. The number of aliphatic imine (C=N–C) groups is 1. The summed E-state index contributed by atoms with van der Waals surface area (Å²) in [6.45, 7) is 3.74. The molecule has 0 radical (unpaired) electrons. The molecule has 19 heavy (non-hydrogen) atoms. The Hall–Kier alpha value is -1.85. The molecule has 1 atom stereocenters. The van der Waals surface area contributed by atoms with Crippen LogP contribution in [0.3, 0.4) is 0 Å². The van der Waals surface area contributed by atoms with Crippen LogP contribution < -0.4 is 5.73 Å². The molecule has 0 spiro atoms. The molecular formula is C13H19N5O. The van der Waals surface area contributed by atoms with Crippen LogP contribution in [0.2, 0.25) is 0 Å². The third kappa shape index (κ3) is 2.34. The van der Waals surface area contributed by atoms with Gasteiger partial charge >= 0.3 is 6.03 Å². The van der Waals surface area contributed by atoms with E-state index in [1.165, 1.54) is 12.8 Å². The molecule has 1 fully saturated rings. The van der Waals surface area contributed by atoms with Gasteiger partial charge in [-0.15, -0.1) is 0 Å². The molecule has 2 amide bonds. The Kier molecular flexibility index (Phi) is 3.00. The number of rotatable bonds is 5. The molecule has 1 aliphatic carbocycles. The summed E-state index contributed by atoms with van der Waals surface area (Å²) in [6, 6.07) is -0.434. The van der Waals surface area contributed by atoms with Crippen LogP contribution in [0.5, 0.6) is 0 Å². The van der Waals surface area contributed by atoms with Crippen molar-refractivity contribution in [2.45, 2.75) is 38.8 Å². The Morgan fingerprint density at radius 2 is 2.26 bits per heavy atom. The van der Waals surface area contributed by atoms with Gasteiger partial charge in [-0.3, -0.25) is 4.68 Å². The molecule has 1 aromatic rings. The number of aromatic nitrogens is 2. The Morgan fingerprint density at radius 3 is 2.95 bits per heavy atom. The molecule has 1 saturated carbocycles. The number of aryl methyl sites for hydroxylation is 1. The van der Waals surface area contributed by atoms with Crippen molar-refractivity contribution in [3.05, 3.63) is 18.0 Å². The zero-order valence-electron chi connectivity index (χ0n) is 11.1. The molecular weight excluding hydrogens is 242 g/mol. The van der Waals surface area contributed by atoms with Gasteiger partial charge in [0.2, 0.25) is 0 Å². The zero-order valence-corrected chi connectivity index (χ0v) is 11.1. The van der Waals surface area contributed by atoms with Gasteiger partial charge in [-0.2, -0.15) is 10.1 Å². The lowest BCUT2D eigenvalue weighted by molar-refractivity contribution is 0.204. The van der Waals surface area contributed by atoms with Gasteiger partial charge in [0.15, 0.2) is 0 Å². The van der Waals surface area contributed by atoms with Crippen molar-refractivity contribution < 1.29 is 4.79 Å². The summed E-state index contributed by atoms with van der Waals surface area (Å²) in [7, 11) is 0. The van der Waals surface area contributed by atoms with Crippen molar-refractivity contribution in [3.63, 3.8) is 0 Å². The summed E-state index contributed by atoms with van der Waals surface area (Å²) < 4.78 is 1.89. The standard InChI is InChI=1S/C13H19N5O/c1-2-5-17-8-10(6-15-17)11-12(14)16-13(19)18(11)7-9-3-4-9/h6,8-9,11H,2-5,7H2,1H3,(H2,14,16,19). The van der Waals surface area contributed by atoms with Gasteiger partial charge in [-0.25, -0.2) is 4.79 Å². The third-order valence-corrected chi connectivity index (χ3v) is 3.64. The van der Waals surface area contributed by atoms with E-state index in [4.69, 9.17) is 5.73 Å². The SMILES string of the molecule is CCCn1cc(C2C(N)=NC(=O)N2CC2CC2)cn1. The Bertz CT molecular complexity index is 517. The summed E-state index contributed by atoms with van der Waals surface area (Å²) in [5.41, 5.74) is 6.88. The predicted molar refractivity (Wildman–Crippen MR) is 71.7 cm³/mol. The molecule has 1 unspecified atom stereocenters. The van der Waals surface area contributed by atoms with Crippen molar-refractivity contribution in [3.8, 4) is 0 Å². The summed E-state index contributed by atoms with van der Waals surface area (Å²) in [4.78, 5) is 17.6. The van der Waals surface area contributed by atoms with Crippen molar-refractivity contribution >= 4 is 11.9 Å². The summed E-state index contributed by atoms with van der Waals surface area (Å²) in [5.74, 6) is 1.01. The van der Waals surface area contributed by atoms with Crippen LogP contribution in [0, 0.1) is 5.92 Å². The number of amidine groups is 1. The van der Waals surface area contributed by atoms with Crippen molar-refractivity contribution in [2.24, 2.45) is 16.6 Å². The minimum atomic E-state index is -0.223. The first-order valence-corrected chi connectivity index (χ1v) is 6.86. The van der Waals surface area contributed by atoms with E-state index < -0.39 is 0 Å². The average molecular weight is 261 g/mol. The molecule has 102 valence electrons. The van der Waals surface area contributed by atoms with Gasteiger partial charge in [0.05, 0.1) is 6.20 Å². The topological polar surface area (TPSA) is 76.5 Å². The van der Waals surface area contributed by atoms with Gasteiger partial charge in [-0.05, 0) is 25.2 Å². The number of carbonyl (C=O) groups excluding carboxylic acids is 1. The van der Waals surface area contributed by atoms with Crippen molar-refractivity contribution in [2.75, 3.05) is 6.54 Å². The maximum Gasteiger partial charge on any atom is 0.346 e. The zero-order chi connectivity index (χ0) is 13.4. The monoisotopic (exact) mass is 261 g/mol. The number of nitrogens with zero attached hydrogens (tertiary/aromatic N) is 4. The van der Waals surface area contributed by atoms with E-state index in [-0.39, 0.29) is 12.1 Å². The van der Waals surface area contributed by atoms with Crippen LogP contribution in [0.25, 0.3) is 0 Å². The van der Waals surface area contributed by atoms with Crippen LogP contribution >= 0.6 is 0 Å². The smallest absolute Gasteiger partial charge is 0.346 e. The molecule has 2 aliphatic rings. The molecule has 6 heteroatoms. The number of nitrogens with two attached hydrogens (primary N) is 1. The van der Waals surface area contributed by atoms with Crippen LogP contribution in [0.4, 0.5) is 4.79 Å². The third-order valence-electron chi connectivity index (χ3n) is 3.64. The highest BCUT2D eigenvalue weighted by Crippen LogP contribution is 2.35. The van der Waals surface area contributed by atoms with Gasteiger partial charge < -0.3 is 10.6 Å². The Labute approximate surface area is 112 Å². The lowest BCUT2D eigenvalue weighted by Gasteiger charge is -2.23. The molecule has 0 bridgehead atoms. The van der Waals surface area contributed by atoms with Crippen LogP contribution in [0.15, 0.2) is 17.4 Å². The second kappa shape index (κ2) is 4.68. The molecule has 1 aliphatic heterocycles. The Morgan fingerprint density at radius 1 is 1.47 bits per heavy atom. The molecule has 2 N–H and O–H groups in total. The number of hydrogen-bond donors (Lipinski definition) is 1. The highest BCUT2D eigenvalue weighted by Gasteiger charge is 2.38.